The van der Waals surface area contributed by atoms with Gasteiger partial charge in [0.2, 0.25) is 5.91 Å². The normalized spacial score (nSPS) is 15.1. The fourth-order valence-electron chi connectivity index (χ4n) is 3.60. The minimum Gasteiger partial charge on any atom is -0.486 e. The van der Waals surface area contributed by atoms with Crippen LogP contribution in [0.5, 0.6) is 11.5 Å². The van der Waals surface area contributed by atoms with E-state index in [0.717, 1.165) is 34.9 Å². The molecule has 0 fully saturated rings. The van der Waals surface area contributed by atoms with Gasteiger partial charge in [-0.25, -0.2) is 0 Å². The summed E-state index contributed by atoms with van der Waals surface area (Å²) in [5.41, 5.74) is 2.90. The molecule has 0 bridgehead atoms. The van der Waals surface area contributed by atoms with Crippen LogP contribution in [0, 0.1) is 0 Å². The van der Waals surface area contributed by atoms with Gasteiger partial charge in [0, 0.05) is 17.8 Å². The number of carbonyl (C=O) groups excluding carboxylic acids is 1. The van der Waals surface area contributed by atoms with E-state index in [9.17, 15) is 4.79 Å². The van der Waals surface area contributed by atoms with Gasteiger partial charge in [0.15, 0.2) is 11.5 Å². The molecule has 5 heteroatoms. The van der Waals surface area contributed by atoms with Crippen molar-refractivity contribution in [2.24, 2.45) is 0 Å². The highest BCUT2D eigenvalue weighted by molar-refractivity contribution is 5.96. The van der Waals surface area contributed by atoms with Gasteiger partial charge >= 0.3 is 0 Å². The van der Waals surface area contributed by atoms with Crippen LogP contribution in [0.25, 0.3) is 11.1 Å². The van der Waals surface area contributed by atoms with Gasteiger partial charge in [-0.05, 0) is 30.3 Å². The number of benzene rings is 3. The summed E-state index contributed by atoms with van der Waals surface area (Å²) in [7, 11) is 0. The maximum atomic E-state index is 12.8. The Morgan fingerprint density at radius 3 is 2.47 bits per heavy atom. The van der Waals surface area contributed by atoms with E-state index >= 15 is 0 Å². The first-order chi connectivity index (χ1) is 14.7. The zero-order chi connectivity index (χ0) is 20.8. The first-order valence-electron chi connectivity index (χ1n) is 10.3. The number of hydrogen-bond acceptors (Lipinski definition) is 4. The van der Waals surface area contributed by atoms with Crippen LogP contribution in [0.2, 0.25) is 0 Å². The summed E-state index contributed by atoms with van der Waals surface area (Å²) in [6.45, 7) is 4.18. The molecule has 0 saturated carbocycles. The Hall–Kier alpha value is -3.31. The van der Waals surface area contributed by atoms with Crippen molar-refractivity contribution in [1.82, 2.24) is 4.90 Å². The summed E-state index contributed by atoms with van der Waals surface area (Å²) < 4.78 is 11.8. The van der Waals surface area contributed by atoms with Crippen molar-refractivity contribution in [2.75, 3.05) is 31.6 Å². The molecule has 1 amide bonds. The second-order valence-electron chi connectivity index (χ2n) is 7.29. The number of nitrogens with one attached hydrogen (secondary N) is 1. The number of amides is 1. The van der Waals surface area contributed by atoms with Gasteiger partial charge in [-0.1, -0.05) is 67.6 Å². The van der Waals surface area contributed by atoms with E-state index in [1.807, 2.05) is 85.8 Å². The molecular formula is C25H26N2O3. The van der Waals surface area contributed by atoms with Gasteiger partial charge in [-0.3, -0.25) is 9.69 Å². The lowest BCUT2D eigenvalue weighted by Gasteiger charge is -2.30. The molecule has 1 aliphatic rings. The van der Waals surface area contributed by atoms with Crippen LogP contribution in [0.1, 0.15) is 6.92 Å². The summed E-state index contributed by atoms with van der Waals surface area (Å²) in [6, 6.07) is 25.6. The van der Waals surface area contributed by atoms with Gasteiger partial charge in [-0.2, -0.15) is 0 Å². The predicted octanol–water partition coefficient (Wildman–Crippen LogP) is 4.45. The van der Waals surface area contributed by atoms with E-state index in [-0.39, 0.29) is 12.0 Å². The smallest absolute Gasteiger partial charge is 0.238 e. The van der Waals surface area contributed by atoms with Crippen molar-refractivity contribution >= 4 is 11.6 Å². The number of carbonyl (C=O) groups is 1. The standard InChI is InChI=1S/C25H26N2O3/c1-2-27(16-20-18-29-23-14-8-9-15-24(23)30-20)17-25(28)26-22-13-7-6-12-21(22)19-10-4-3-5-11-19/h3-15,20H,2,16-18H2,1H3,(H,26,28). The minimum atomic E-state index is -0.107. The number of likely N-dealkylation sites (N-methyl/N-ethyl adjacent to an activating group) is 1. The Kier molecular flexibility index (Phi) is 6.30. The molecule has 3 aromatic rings. The number of para-hydroxylation sites is 3. The lowest BCUT2D eigenvalue weighted by Crippen LogP contribution is -2.43. The maximum Gasteiger partial charge on any atom is 0.238 e. The van der Waals surface area contributed by atoms with E-state index in [4.69, 9.17) is 9.47 Å². The van der Waals surface area contributed by atoms with E-state index in [0.29, 0.717) is 19.7 Å². The lowest BCUT2D eigenvalue weighted by molar-refractivity contribution is -0.117. The van der Waals surface area contributed by atoms with Crippen LogP contribution < -0.4 is 14.8 Å². The van der Waals surface area contributed by atoms with E-state index in [2.05, 4.69) is 10.2 Å². The molecule has 0 aromatic heterocycles. The van der Waals surface area contributed by atoms with Crippen molar-refractivity contribution in [3.05, 3.63) is 78.9 Å². The minimum absolute atomic E-state index is 0.0441. The third kappa shape index (κ3) is 4.81. The average Bonchev–Trinajstić information content (AvgIpc) is 2.79. The summed E-state index contributed by atoms with van der Waals surface area (Å²) in [5, 5.41) is 3.07. The molecule has 0 spiro atoms. The van der Waals surface area contributed by atoms with Crippen LogP contribution in [0.15, 0.2) is 78.9 Å². The molecular weight excluding hydrogens is 376 g/mol. The van der Waals surface area contributed by atoms with E-state index in [1.54, 1.807) is 0 Å². The summed E-state index contributed by atoms with van der Waals surface area (Å²) in [4.78, 5) is 14.9. The van der Waals surface area contributed by atoms with Gasteiger partial charge in [0.05, 0.1) is 6.54 Å². The van der Waals surface area contributed by atoms with Crippen molar-refractivity contribution < 1.29 is 14.3 Å². The Bertz CT molecular complexity index is 990. The lowest BCUT2D eigenvalue weighted by atomic mass is 10.0. The van der Waals surface area contributed by atoms with Crippen LogP contribution in [0.4, 0.5) is 5.69 Å². The SMILES string of the molecule is CCN(CC(=O)Nc1ccccc1-c1ccccc1)CC1COc2ccccc2O1. The predicted molar refractivity (Wildman–Crippen MR) is 119 cm³/mol. The maximum absolute atomic E-state index is 12.8. The van der Waals surface area contributed by atoms with Crippen molar-refractivity contribution in [3.8, 4) is 22.6 Å². The van der Waals surface area contributed by atoms with Crippen molar-refractivity contribution in [3.63, 3.8) is 0 Å². The van der Waals surface area contributed by atoms with Crippen LogP contribution in [0.3, 0.4) is 0 Å². The Labute approximate surface area is 177 Å². The molecule has 0 radical (unpaired) electrons. The first kappa shape index (κ1) is 20.0. The fraction of sp³-hybridized carbons (Fsp3) is 0.240. The number of ether oxygens (including phenoxy) is 2. The summed E-state index contributed by atoms with van der Waals surface area (Å²) in [5.74, 6) is 1.48. The highest BCUT2D eigenvalue weighted by atomic mass is 16.6. The van der Waals surface area contributed by atoms with Crippen molar-refractivity contribution in [1.29, 1.82) is 0 Å². The molecule has 1 aliphatic heterocycles. The van der Waals surface area contributed by atoms with Gasteiger partial charge < -0.3 is 14.8 Å². The molecule has 1 heterocycles. The topological polar surface area (TPSA) is 50.8 Å². The van der Waals surface area contributed by atoms with E-state index in [1.165, 1.54) is 0 Å². The number of anilines is 1. The number of hydrogen-bond donors (Lipinski definition) is 1. The zero-order valence-corrected chi connectivity index (χ0v) is 17.1. The molecule has 1 unspecified atom stereocenters. The van der Waals surface area contributed by atoms with Crippen LogP contribution in [-0.4, -0.2) is 43.2 Å². The fourth-order valence-corrected chi connectivity index (χ4v) is 3.60. The Balaban J connectivity index is 1.38. The molecule has 1 N–H and O–H groups in total. The monoisotopic (exact) mass is 402 g/mol. The highest BCUT2D eigenvalue weighted by Crippen LogP contribution is 2.31. The van der Waals surface area contributed by atoms with Crippen molar-refractivity contribution in [2.45, 2.75) is 13.0 Å². The summed E-state index contributed by atoms with van der Waals surface area (Å²) in [6.07, 6.45) is -0.107. The summed E-state index contributed by atoms with van der Waals surface area (Å²) >= 11 is 0. The van der Waals surface area contributed by atoms with Gasteiger partial charge in [-0.15, -0.1) is 0 Å². The van der Waals surface area contributed by atoms with Gasteiger partial charge in [0.1, 0.15) is 12.7 Å². The van der Waals surface area contributed by atoms with Crippen LogP contribution >= 0.6 is 0 Å². The number of nitrogens with zero attached hydrogens (tertiary/aromatic N) is 1. The molecule has 30 heavy (non-hydrogen) atoms. The second-order valence-corrected chi connectivity index (χ2v) is 7.29. The quantitative estimate of drug-likeness (QED) is 0.634. The molecule has 3 aromatic carbocycles. The molecule has 0 saturated heterocycles. The molecule has 154 valence electrons. The van der Waals surface area contributed by atoms with Crippen LogP contribution in [-0.2, 0) is 4.79 Å². The molecule has 4 rings (SSSR count). The molecule has 1 atom stereocenters. The zero-order valence-electron chi connectivity index (χ0n) is 17.1. The molecule has 5 nitrogen and oxygen atoms in total. The van der Waals surface area contributed by atoms with E-state index < -0.39 is 0 Å². The highest BCUT2D eigenvalue weighted by Gasteiger charge is 2.23. The molecule has 0 aliphatic carbocycles. The average molecular weight is 402 g/mol. The third-order valence-corrected chi connectivity index (χ3v) is 5.13. The number of rotatable bonds is 7. The second kappa shape index (κ2) is 9.46. The third-order valence-electron chi connectivity index (χ3n) is 5.13. The number of fused-ring (bicyclic) bond motifs is 1. The Morgan fingerprint density at radius 2 is 1.67 bits per heavy atom. The van der Waals surface area contributed by atoms with Gasteiger partial charge in [0.25, 0.3) is 0 Å². The largest absolute Gasteiger partial charge is 0.486 e. The Morgan fingerprint density at radius 1 is 0.967 bits per heavy atom. The first-order valence-corrected chi connectivity index (χ1v) is 10.3.